The molecule has 1 aromatic rings. The van der Waals surface area contributed by atoms with Crippen molar-refractivity contribution in [2.24, 2.45) is 19.5 Å². The van der Waals surface area contributed by atoms with Crippen LogP contribution in [0.5, 0.6) is 0 Å². The van der Waals surface area contributed by atoms with Crippen molar-refractivity contribution in [2.75, 3.05) is 13.1 Å². The molecular weight excluding hydrogens is 318 g/mol. The van der Waals surface area contributed by atoms with Crippen LogP contribution in [-0.2, 0) is 24.1 Å². The Morgan fingerprint density at radius 2 is 1.74 bits per heavy atom. The van der Waals surface area contributed by atoms with E-state index in [1.165, 1.54) is 24.0 Å². The number of aromatic nitrogens is 2. The molecule has 0 saturated heterocycles. The van der Waals surface area contributed by atoms with Crippen LogP contribution in [-0.4, -0.2) is 34.9 Å². The summed E-state index contributed by atoms with van der Waals surface area (Å²) >= 11 is 0. The first-order chi connectivity index (χ1) is 10.5. The van der Waals surface area contributed by atoms with Crippen molar-refractivity contribution in [1.29, 1.82) is 0 Å². The maximum Gasteiger partial charge on any atom is 0.330 e. The lowest BCUT2D eigenvalue weighted by molar-refractivity contribution is 0.388. The normalized spacial score (nSPS) is 17.2. The zero-order valence-corrected chi connectivity index (χ0v) is 15.0. The van der Waals surface area contributed by atoms with Crippen molar-refractivity contribution in [2.45, 2.75) is 32.1 Å². The van der Waals surface area contributed by atoms with Gasteiger partial charge in [-0.15, -0.1) is 0 Å². The van der Waals surface area contributed by atoms with Crippen LogP contribution in [0.15, 0.2) is 32.3 Å². The first-order valence-electron chi connectivity index (χ1n) is 7.42. The minimum absolute atomic E-state index is 0.00261. The van der Waals surface area contributed by atoms with E-state index in [0.29, 0.717) is 13.0 Å². The lowest BCUT2D eigenvalue weighted by atomic mass is 9.83. The van der Waals surface area contributed by atoms with Crippen molar-refractivity contribution in [3.05, 3.63) is 38.7 Å². The molecule has 0 radical (unpaired) electrons. The Morgan fingerprint density at radius 1 is 1.13 bits per heavy atom. The summed E-state index contributed by atoms with van der Waals surface area (Å²) in [6, 6.07) is 0. The summed E-state index contributed by atoms with van der Waals surface area (Å²) in [4.78, 5) is 23.5. The monoisotopic (exact) mass is 341 g/mol. The third-order valence-corrected chi connectivity index (χ3v) is 6.02. The van der Waals surface area contributed by atoms with E-state index in [9.17, 15) is 18.0 Å². The highest BCUT2D eigenvalue weighted by Gasteiger charge is 2.31. The molecule has 23 heavy (non-hydrogen) atoms. The van der Waals surface area contributed by atoms with Gasteiger partial charge in [0.2, 0.25) is 10.0 Å². The summed E-state index contributed by atoms with van der Waals surface area (Å²) in [5.74, 6) is 0. The molecule has 2 rings (SSSR count). The van der Waals surface area contributed by atoms with Gasteiger partial charge < -0.3 is 4.57 Å². The Bertz CT molecular complexity index is 869. The lowest BCUT2D eigenvalue weighted by Gasteiger charge is -2.31. The summed E-state index contributed by atoms with van der Waals surface area (Å²) < 4.78 is 28.7. The fourth-order valence-electron chi connectivity index (χ4n) is 2.64. The van der Waals surface area contributed by atoms with Gasteiger partial charge in [0.1, 0.15) is 0 Å². The van der Waals surface area contributed by atoms with E-state index in [4.69, 9.17) is 0 Å². The minimum atomic E-state index is -3.93. The Morgan fingerprint density at radius 3 is 2.22 bits per heavy atom. The van der Waals surface area contributed by atoms with Crippen LogP contribution >= 0.6 is 0 Å². The summed E-state index contributed by atoms with van der Waals surface area (Å²) in [6.45, 7) is 6.83. The molecule has 0 unspecified atom stereocenters. The van der Waals surface area contributed by atoms with Gasteiger partial charge in [0.15, 0.2) is 4.90 Å². The van der Waals surface area contributed by atoms with Crippen LogP contribution in [0, 0.1) is 5.41 Å². The molecule has 0 bridgehead atoms. The number of aryl methyl sites for hydroxylation is 1. The van der Waals surface area contributed by atoms with E-state index in [0.717, 1.165) is 15.3 Å². The lowest BCUT2D eigenvalue weighted by Crippen LogP contribution is -2.44. The highest BCUT2D eigenvalue weighted by Crippen LogP contribution is 2.31. The van der Waals surface area contributed by atoms with E-state index >= 15 is 0 Å². The molecule has 2 heterocycles. The Hall–Kier alpha value is -1.67. The molecule has 0 saturated carbocycles. The molecule has 0 amide bonds. The SMILES string of the molecule is Cn1cc(S(=O)(=O)N2CC=C(C(C)(C)C)CC2)c(=O)n(C)c1=O. The highest BCUT2D eigenvalue weighted by molar-refractivity contribution is 7.89. The van der Waals surface area contributed by atoms with Crippen molar-refractivity contribution in [3.63, 3.8) is 0 Å². The van der Waals surface area contributed by atoms with Crippen molar-refractivity contribution < 1.29 is 8.42 Å². The van der Waals surface area contributed by atoms with Gasteiger partial charge in [0, 0.05) is 33.4 Å². The van der Waals surface area contributed by atoms with E-state index in [1.54, 1.807) is 0 Å². The van der Waals surface area contributed by atoms with Gasteiger partial charge in [-0.2, -0.15) is 4.31 Å². The number of hydrogen-bond donors (Lipinski definition) is 0. The molecular formula is C15H23N3O4S. The van der Waals surface area contributed by atoms with Crippen LogP contribution in [0.25, 0.3) is 0 Å². The fourth-order valence-corrected chi connectivity index (χ4v) is 4.17. The quantitative estimate of drug-likeness (QED) is 0.732. The third-order valence-electron chi connectivity index (χ3n) is 4.17. The second-order valence-electron chi connectivity index (χ2n) is 6.84. The highest BCUT2D eigenvalue weighted by atomic mass is 32.2. The van der Waals surface area contributed by atoms with E-state index < -0.39 is 21.3 Å². The van der Waals surface area contributed by atoms with Gasteiger partial charge >= 0.3 is 5.69 Å². The average molecular weight is 341 g/mol. The molecule has 0 N–H and O–H groups in total. The molecule has 1 aliphatic heterocycles. The zero-order valence-electron chi connectivity index (χ0n) is 14.2. The molecule has 7 nitrogen and oxygen atoms in total. The number of sulfonamides is 1. The topological polar surface area (TPSA) is 81.4 Å². The van der Waals surface area contributed by atoms with E-state index in [1.807, 2.05) is 6.08 Å². The molecule has 0 spiro atoms. The van der Waals surface area contributed by atoms with Gasteiger partial charge in [-0.05, 0) is 11.8 Å². The first kappa shape index (κ1) is 17.7. The summed E-state index contributed by atoms with van der Waals surface area (Å²) in [5, 5.41) is 0. The van der Waals surface area contributed by atoms with Gasteiger partial charge in [-0.3, -0.25) is 9.36 Å². The van der Waals surface area contributed by atoms with Crippen LogP contribution in [0.3, 0.4) is 0 Å². The maximum atomic E-state index is 12.7. The largest absolute Gasteiger partial charge is 0.330 e. The van der Waals surface area contributed by atoms with Gasteiger partial charge in [-0.25, -0.2) is 13.2 Å². The number of hydrogen-bond acceptors (Lipinski definition) is 4. The third kappa shape index (κ3) is 3.18. The fraction of sp³-hybridized carbons (Fsp3) is 0.600. The van der Waals surface area contributed by atoms with E-state index in [-0.39, 0.29) is 16.9 Å². The van der Waals surface area contributed by atoms with Gasteiger partial charge in [0.05, 0.1) is 0 Å². The second kappa shape index (κ2) is 5.76. The average Bonchev–Trinajstić information content (AvgIpc) is 2.48. The predicted molar refractivity (Wildman–Crippen MR) is 87.8 cm³/mol. The van der Waals surface area contributed by atoms with Crippen molar-refractivity contribution in [3.8, 4) is 0 Å². The van der Waals surface area contributed by atoms with Crippen molar-refractivity contribution in [1.82, 2.24) is 13.4 Å². The van der Waals surface area contributed by atoms with Gasteiger partial charge in [-0.1, -0.05) is 32.4 Å². The molecule has 0 aromatic carbocycles. The Labute approximate surface area is 135 Å². The molecule has 1 aliphatic rings. The molecule has 0 aliphatic carbocycles. The second-order valence-corrected chi connectivity index (χ2v) is 8.75. The zero-order chi connectivity index (χ0) is 17.6. The smallest absolute Gasteiger partial charge is 0.302 e. The standard InChI is InChI=1S/C15H23N3O4S/c1-15(2,3)11-6-8-18(9-7-11)23(21,22)12-10-16(4)14(20)17(5)13(12)19/h6,10H,7-9H2,1-5H3. The Kier molecular flexibility index (Phi) is 4.42. The number of nitrogens with zero attached hydrogens (tertiary/aromatic N) is 3. The molecule has 128 valence electrons. The predicted octanol–water partition coefficient (Wildman–Crippen LogP) is 0.451. The molecule has 0 atom stereocenters. The van der Waals surface area contributed by atoms with Crippen LogP contribution in [0.2, 0.25) is 0 Å². The first-order valence-corrected chi connectivity index (χ1v) is 8.86. The molecule has 0 fully saturated rings. The minimum Gasteiger partial charge on any atom is -0.302 e. The van der Waals surface area contributed by atoms with Crippen molar-refractivity contribution >= 4 is 10.0 Å². The Balaban J connectivity index is 2.45. The van der Waals surface area contributed by atoms with Crippen LogP contribution in [0.4, 0.5) is 0 Å². The number of rotatable bonds is 2. The molecule has 8 heteroatoms. The maximum absolute atomic E-state index is 12.7. The summed E-state index contributed by atoms with van der Waals surface area (Å²) in [7, 11) is -1.23. The summed E-state index contributed by atoms with van der Waals surface area (Å²) in [5.41, 5.74) is -0.138. The van der Waals surface area contributed by atoms with E-state index in [2.05, 4.69) is 20.8 Å². The van der Waals surface area contributed by atoms with Crippen LogP contribution < -0.4 is 11.2 Å². The van der Waals surface area contributed by atoms with Crippen LogP contribution in [0.1, 0.15) is 27.2 Å². The molecule has 1 aromatic heterocycles. The summed E-state index contributed by atoms with van der Waals surface area (Å²) in [6.07, 6.45) is 3.64. The van der Waals surface area contributed by atoms with Gasteiger partial charge in [0.25, 0.3) is 5.56 Å².